The predicted molar refractivity (Wildman–Crippen MR) is 117 cm³/mol. The molecule has 1 unspecified atom stereocenters. The van der Waals surface area contributed by atoms with E-state index in [-0.39, 0.29) is 12.8 Å². The molecule has 0 radical (unpaired) electrons. The summed E-state index contributed by atoms with van der Waals surface area (Å²) in [6, 6.07) is -1.38. The molecule has 0 aliphatic carbocycles. The molecule has 1 atom stereocenters. The standard InChI is InChI=1S/C21H37NO8S/c1-19(2,3)28-16(23)15(13-11-12-14-31(10,26)27)22(17(24)29-20(4,5)6)18(25)30-21(7,8)9/h12,14-15H,11,13H2,1-10H3/b14-12+. The normalized spacial score (nSPS) is 14.1. The number of amides is 2. The van der Waals surface area contributed by atoms with Crippen LogP contribution in [0, 0.1) is 0 Å². The molecule has 9 nitrogen and oxygen atoms in total. The molecule has 0 aromatic rings. The Morgan fingerprint density at radius 3 is 1.52 bits per heavy atom. The molecule has 0 aliphatic heterocycles. The molecule has 2 amide bonds. The molecular weight excluding hydrogens is 426 g/mol. The van der Waals surface area contributed by atoms with Crippen LogP contribution in [0.1, 0.15) is 75.2 Å². The summed E-state index contributed by atoms with van der Waals surface area (Å²) in [6.07, 6.45) is 0.241. The van der Waals surface area contributed by atoms with Crippen molar-refractivity contribution >= 4 is 28.0 Å². The predicted octanol–water partition coefficient (Wildman–Crippen LogP) is 4.21. The highest BCUT2D eigenvalue weighted by atomic mass is 32.2. The SMILES string of the molecule is CC(C)(C)OC(=O)C(CC/C=C/S(C)(=O)=O)N(C(=O)OC(C)(C)C)C(=O)OC(C)(C)C. The van der Waals surface area contributed by atoms with Crippen LogP contribution in [0.25, 0.3) is 0 Å². The maximum Gasteiger partial charge on any atom is 0.420 e. The molecule has 0 aliphatic rings. The molecule has 0 spiro atoms. The fraction of sp³-hybridized carbons (Fsp3) is 0.762. The van der Waals surface area contributed by atoms with Gasteiger partial charge in [-0.15, -0.1) is 0 Å². The van der Waals surface area contributed by atoms with Crippen molar-refractivity contribution < 1.29 is 37.0 Å². The van der Waals surface area contributed by atoms with Crippen LogP contribution in [-0.4, -0.2) is 60.6 Å². The van der Waals surface area contributed by atoms with Crippen molar-refractivity contribution in [3.05, 3.63) is 11.5 Å². The average Bonchev–Trinajstić information content (AvgIpc) is 2.43. The first-order chi connectivity index (χ1) is 13.6. The fourth-order valence-corrected chi connectivity index (χ4v) is 2.66. The van der Waals surface area contributed by atoms with Gasteiger partial charge in [0.05, 0.1) is 0 Å². The number of hydrogen-bond acceptors (Lipinski definition) is 8. The number of sulfone groups is 1. The molecule has 31 heavy (non-hydrogen) atoms. The zero-order valence-corrected chi connectivity index (χ0v) is 21.1. The smallest absolute Gasteiger partial charge is 0.420 e. The van der Waals surface area contributed by atoms with E-state index in [4.69, 9.17) is 14.2 Å². The lowest BCUT2D eigenvalue weighted by Crippen LogP contribution is -2.53. The molecule has 0 saturated carbocycles. The van der Waals surface area contributed by atoms with Gasteiger partial charge in [-0.05, 0) is 75.2 Å². The summed E-state index contributed by atoms with van der Waals surface area (Å²) < 4.78 is 38.7. The first kappa shape index (κ1) is 28.9. The average molecular weight is 464 g/mol. The summed E-state index contributed by atoms with van der Waals surface area (Å²) in [5.74, 6) is -0.836. The van der Waals surface area contributed by atoms with Gasteiger partial charge in [0.15, 0.2) is 9.84 Å². The monoisotopic (exact) mass is 463 g/mol. The Kier molecular flexibility index (Phi) is 9.77. The van der Waals surface area contributed by atoms with Crippen molar-refractivity contribution in [3.63, 3.8) is 0 Å². The number of ether oxygens (including phenoxy) is 3. The second-order valence-electron chi connectivity index (χ2n) is 10.2. The van der Waals surface area contributed by atoms with Crippen molar-refractivity contribution in [1.82, 2.24) is 4.90 Å². The van der Waals surface area contributed by atoms with Gasteiger partial charge in [0.1, 0.15) is 22.8 Å². The summed E-state index contributed by atoms with van der Waals surface area (Å²) in [6.45, 7) is 14.7. The summed E-state index contributed by atoms with van der Waals surface area (Å²) in [5.41, 5.74) is -2.76. The second kappa shape index (κ2) is 10.5. The Morgan fingerprint density at radius 1 is 0.806 bits per heavy atom. The molecule has 0 aromatic heterocycles. The van der Waals surface area contributed by atoms with Crippen LogP contribution in [0.15, 0.2) is 11.5 Å². The number of imide groups is 1. The largest absolute Gasteiger partial charge is 0.458 e. The van der Waals surface area contributed by atoms with Gasteiger partial charge in [-0.2, -0.15) is 4.90 Å². The number of rotatable bonds is 6. The highest BCUT2D eigenvalue weighted by molar-refractivity contribution is 7.93. The van der Waals surface area contributed by atoms with E-state index < -0.39 is 50.8 Å². The number of esters is 1. The Morgan fingerprint density at radius 2 is 1.19 bits per heavy atom. The Hall–Kier alpha value is -2.10. The van der Waals surface area contributed by atoms with Gasteiger partial charge < -0.3 is 14.2 Å². The van der Waals surface area contributed by atoms with Crippen molar-refractivity contribution in [2.75, 3.05) is 6.26 Å². The minimum atomic E-state index is -3.37. The van der Waals surface area contributed by atoms with E-state index in [2.05, 4.69) is 0 Å². The van der Waals surface area contributed by atoms with Crippen molar-refractivity contribution in [1.29, 1.82) is 0 Å². The third-order valence-electron chi connectivity index (χ3n) is 3.12. The first-order valence-corrected chi connectivity index (χ1v) is 11.9. The van der Waals surface area contributed by atoms with Gasteiger partial charge >= 0.3 is 18.2 Å². The van der Waals surface area contributed by atoms with E-state index in [9.17, 15) is 22.8 Å². The van der Waals surface area contributed by atoms with Crippen LogP contribution < -0.4 is 0 Å². The third-order valence-corrected chi connectivity index (χ3v) is 3.81. The topological polar surface area (TPSA) is 116 Å². The minimum Gasteiger partial charge on any atom is -0.458 e. The van der Waals surface area contributed by atoms with Crippen molar-refractivity contribution in [2.45, 2.75) is 98.0 Å². The highest BCUT2D eigenvalue weighted by Crippen LogP contribution is 2.22. The van der Waals surface area contributed by atoms with Crippen LogP contribution in [0.5, 0.6) is 0 Å². The maximum absolute atomic E-state index is 12.9. The lowest BCUT2D eigenvalue weighted by atomic mass is 10.1. The van der Waals surface area contributed by atoms with Crippen LogP contribution in [-0.2, 0) is 28.8 Å². The van der Waals surface area contributed by atoms with E-state index in [0.717, 1.165) is 11.7 Å². The minimum absolute atomic E-state index is 0.0824. The van der Waals surface area contributed by atoms with E-state index >= 15 is 0 Å². The molecular formula is C21H37NO8S. The third kappa shape index (κ3) is 13.7. The molecule has 0 bridgehead atoms. The van der Waals surface area contributed by atoms with Crippen LogP contribution in [0.3, 0.4) is 0 Å². The van der Waals surface area contributed by atoms with Crippen molar-refractivity contribution in [2.24, 2.45) is 0 Å². The second-order valence-corrected chi connectivity index (χ2v) is 12.1. The Bertz CT molecular complexity index is 752. The highest BCUT2D eigenvalue weighted by Gasteiger charge is 2.41. The summed E-state index contributed by atoms with van der Waals surface area (Å²) in [7, 11) is -3.37. The lowest BCUT2D eigenvalue weighted by Gasteiger charge is -2.33. The van der Waals surface area contributed by atoms with E-state index in [1.54, 1.807) is 62.3 Å². The summed E-state index contributed by atoms with van der Waals surface area (Å²) in [4.78, 5) is 39.2. The zero-order chi connectivity index (χ0) is 24.8. The molecule has 0 rings (SSSR count). The number of allylic oxidation sites excluding steroid dienone is 1. The maximum atomic E-state index is 12.9. The molecule has 180 valence electrons. The first-order valence-electron chi connectivity index (χ1n) is 9.96. The fourth-order valence-electron chi connectivity index (χ4n) is 2.17. The molecule has 0 N–H and O–H groups in total. The van der Waals surface area contributed by atoms with Crippen LogP contribution in [0.4, 0.5) is 9.59 Å². The quantitative estimate of drug-likeness (QED) is 0.425. The van der Waals surface area contributed by atoms with Crippen molar-refractivity contribution in [3.8, 4) is 0 Å². The summed E-state index contributed by atoms with van der Waals surface area (Å²) in [5, 5.41) is 0.991. The summed E-state index contributed by atoms with van der Waals surface area (Å²) >= 11 is 0. The van der Waals surface area contributed by atoms with Gasteiger partial charge in [0, 0.05) is 11.7 Å². The number of carbonyl (C=O) groups excluding carboxylic acids is 3. The Balaban J connectivity index is 6.12. The number of carbonyl (C=O) groups is 3. The van der Waals surface area contributed by atoms with E-state index in [0.29, 0.717) is 4.90 Å². The van der Waals surface area contributed by atoms with Gasteiger partial charge in [0.25, 0.3) is 0 Å². The van der Waals surface area contributed by atoms with E-state index in [1.807, 2.05) is 0 Å². The van der Waals surface area contributed by atoms with Crippen LogP contribution in [0.2, 0.25) is 0 Å². The van der Waals surface area contributed by atoms with E-state index in [1.165, 1.54) is 6.08 Å². The molecule has 0 heterocycles. The van der Waals surface area contributed by atoms with Gasteiger partial charge in [-0.3, -0.25) is 0 Å². The molecule has 0 aromatic carbocycles. The van der Waals surface area contributed by atoms with Gasteiger partial charge in [-0.25, -0.2) is 22.8 Å². The number of nitrogens with zero attached hydrogens (tertiary/aromatic N) is 1. The number of hydrogen-bond donors (Lipinski definition) is 0. The molecule has 0 saturated heterocycles. The van der Waals surface area contributed by atoms with Gasteiger partial charge in [0.2, 0.25) is 0 Å². The van der Waals surface area contributed by atoms with Gasteiger partial charge in [-0.1, -0.05) is 6.08 Å². The Labute approximate surface area is 186 Å². The lowest BCUT2D eigenvalue weighted by molar-refractivity contribution is -0.161. The zero-order valence-electron chi connectivity index (χ0n) is 20.3. The van der Waals surface area contributed by atoms with Crippen LogP contribution >= 0.6 is 0 Å². The molecule has 10 heteroatoms. The molecule has 0 fully saturated rings.